The number of nitrogens with zero attached hydrogens (tertiary/aromatic N) is 1. The highest BCUT2D eigenvalue weighted by Crippen LogP contribution is 2.20. The zero-order chi connectivity index (χ0) is 13.5. The summed E-state index contributed by atoms with van der Waals surface area (Å²) in [5.74, 6) is 0. The Balaban J connectivity index is 2.52. The van der Waals surface area contributed by atoms with Gasteiger partial charge in [-0.3, -0.25) is 0 Å². The molecule has 0 heterocycles. The monoisotopic (exact) mass is 314 g/mol. The molecule has 2 unspecified atom stereocenters. The van der Waals surface area contributed by atoms with E-state index in [0.717, 1.165) is 24.0 Å². The van der Waals surface area contributed by atoms with E-state index in [0.29, 0.717) is 6.04 Å². The van der Waals surface area contributed by atoms with Crippen molar-refractivity contribution in [3.05, 3.63) is 34.3 Å². The largest absolute Gasteiger partial charge is 0.392 e. The molecule has 1 aromatic rings. The number of aliphatic hydroxyl groups excluding tert-OH is 1. The van der Waals surface area contributed by atoms with E-state index in [1.54, 1.807) is 0 Å². The first-order valence-corrected chi connectivity index (χ1v) is 7.11. The molecular weight excluding hydrogens is 292 g/mol. The molecule has 102 valence electrons. The van der Waals surface area contributed by atoms with E-state index in [1.165, 1.54) is 5.56 Å². The van der Waals surface area contributed by atoms with Crippen LogP contribution in [-0.2, 0) is 0 Å². The summed E-state index contributed by atoms with van der Waals surface area (Å²) >= 11 is 3.50. The van der Waals surface area contributed by atoms with Gasteiger partial charge in [-0.1, -0.05) is 28.1 Å². The molecular formula is C14H23BrN2O. The van der Waals surface area contributed by atoms with Crippen LogP contribution in [0.4, 0.5) is 0 Å². The standard InChI is InChI=1S/C14H23BrN2O/c1-11(18)10-17(3)8-7-14(16-2)12-5-4-6-13(15)9-12/h4-6,9,11,14,16,18H,7-8,10H2,1-3H3. The van der Waals surface area contributed by atoms with Gasteiger partial charge in [0.2, 0.25) is 0 Å². The Bertz CT molecular complexity index is 357. The number of aliphatic hydroxyl groups is 1. The van der Waals surface area contributed by atoms with Crippen LogP contribution in [0, 0.1) is 0 Å². The summed E-state index contributed by atoms with van der Waals surface area (Å²) in [6.45, 7) is 3.50. The highest BCUT2D eigenvalue weighted by Gasteiger charge is 2.11. The van der Waals surface area contributed by atoms with E-state index in [-0.39, 0.29) is 6.10 Å². The molecule has 0 bridgehead atoms. The number of nitrogens with one attached hydrogen (secondary N) is 1. The lowest BCUT2D eigenvalue weighted by Crippen LogP contribution is -2.30. The van der Waals surface area contributed by atoms with Crippen molar-refractivity contribution < 1.29 is 5.11 Å². The number of halogens is 1. The van der Waals surface area contributed by atoms with Crippen molar-refractivity contribution in [3.63, 3.8) is 0 Å². The summed E-state index contributed by atoms with van der Waals surface area (Å²) in [5, 5.41) is 12.7. The summed E-state index contributed by atoms with van der Waals surface area (Å²) in [6, 6.07) is 8.73. The van der Waals surface area contributed by atoms with Crippen LogP contribution in [0.15, 0.2) is 28.7 Å². The van der Waals surface area contributed by atoms with Crippen molar-refractivity contribution in [1.29, 1.82) is 0 Å². The molecule has 18 heavy (non-hydrogen) atoms. The van der Waals surface area contributed by atoms with E-state index >= 15 is 0 Å². The lowest BCUT2D eigenvalue weighted by molar-refractivity contribution is 0.139. The van der Waals surface area contributed by atoms with Gasteiger partial charge >= 0.3 is 0 Å². The van der Waals surface area contributed by atoms with E-state index < -0.39 is 0 Å². The topological polar surface area (TPSA) is 35.5 Å². The molecule has 0 saturated heterocycles. The molecule has 0 aliphatic rings. The third-order valence-corrected chi connectivity index (χ3v) is 3.47. The number of benzene rings is 1. The zero-order valence-electron chi connectivity index (χ0n) is 11.4. The molecule has 1 rings (SSSR count). The fraction of sp³-hybridized carbons (Fsp3) is 0.571. The van der Waals surface area contributed by atoms with E-state index in [9.17, 15) is 5.11 Å². The SMILES string of the molecule is CNC(CCN(C)CC(C)O)c1cccc(Br)c1. The molecule has 0 saturated carbocycles. The van der Waals surface area contributed by atoms with Crippen LogP contribution in [0.25, 0.3) is 0 Å². The van der Waals surface area contributed by atoms with Gasteiger partial charge in [0.25, 0.3) is 0 Å². The van der Waals surface area contributed by atoms with Crippen molar-refractivity contribution in [2.45, 2.75) is 25.5 Å². The average molecular weight is 315 g/mol. The van der Waals surface area contributed by atoms with Gasteiger partial charge in [-0.05, 0) is 51.7 Å². The first-order chi connectivity index (χ1) is 8.52. The quantitative estimate of drug-likeness (QED) is 0.811. The average Bonchev–Trinajstić information content (AvgIpc) is 2.29. The second-order valence-electron chi connectivity index (χ2n) is 4.80. The molecule has 2 N–H and O–H groups in total. The Morgan fingerprint density at radius 2 is 2.17 bits per heavy atom. The molecule has 0 amide bonds. The maximum atomic E-state index is 9.34. The fourth-order valence-electron chi connectivity index (χ4n) is 2.09. The summed E-state index contributed by atoms with van der Waals surface area (Å²) in [5.41, 5.74) is 1.29. The minimum atomic E-state index is -0.270. The molecule has 0 aliphatic carbocycles. The Hall–Kier alpha value is -0.420. The normalized spacial score (nSPS) is 14.8. The van der Waals surface area contributed by atoms with Gasteiger partial charge in [-0.2, -0.15) is 0 Å². The van der Waals surface area contributed by atoms with Gasteiger partial charge < -0.3 is 15.3 Å². The molecule has 0 radical (unpaired) electrons. The minimum Gasteiger partial charge on any atom is -0.392 e. The fourth-order valence-corrected chi connectivity index (χ4v) is 2.51. The summed E-state index contributed by atoms with van der Waals surface area (Å²) < 4.78 is 1.11. The van der Waals surface area contributed by atoms with E-state index in [2.05, 4.69) is 44.3 Å². The van der Waals surface area contributed by atoms with Gasteiger partial charge in [0.1, 0.15) is 0 Å². The Labute approximate surface area is 118 Å². The first-order valence-electron chi connectivity index (χ1n) is 6.32. The second kappa shape index (κ2) is 7.89. The van der Waals surface area contributed by atoms with Crippen LogP contribution in [0.2, 0.25) is 0 Å². The molecule has 0 aliphatic heterocycles. The van der Waals surface area contributed by atoms with Gasteiger partial charge in [0, 0.05) is 17.1 Å². The van der Waals surface area contributed by atoms with Gasteiger partial charge in [-0.15, -0.1) is 0 Å². The maximum absolute atomic E-state index is 9.34. The summed E-state index contributed by atoms with van der Waals surface area (Å²) in [6.07, 6.45) is 0.754. The number of likely N-dealkylation sites (N-methyl/N-ethyl adjacent to an activating group) is 1. The van der Waals surface area contributed by atoms with Gasteiger partial charge in [-0.25, -0.2) is 0 Å². The number of hydrogen-bond donors (Lipinski definition) is 2. The van der Waals surface area contributed by atoms with Crippen molar-refractivity contribution in [2.75, 3.05) is 27.2 Å². The van der Waals surface area contributed by atoms with E-state index in [1.807, 2.05) is 27.1 Å². The Morgan fingerprint density at radius 1 is 1.44 bits per heavy atom. The lowest BCUT2D eigenvalue weighted by Gasteiger charge is -2.22. The van der Waals surface area contributed by atoms with Crippen LogP contribution in [0.3, 0.4) is 0 Å². The number of hydrogen-bond acceptors (Lipinski definition) is 3. The van der Waals surface area contributed by atoms with E-state index in [4.69, 9.17) is 0 Å². The van der Waals surface area contributed by atoms with Crippen molar-refractivity contribution in [1.82, 2.24) is 10.2 Å². The van der Waals surface area contributed by atoms with Crippen LogP contribution in [-0.4, -0.2) is 43.3 Å². The maximum Gasteiger partial charge on any atom is 0.0638 e. The zero-order valence-corrected chi connectivity index (χ0v) is 12.9. The van der Waals surface area contributed by atoms with Crippen molar-refractivity contribution in [3.8, 4) is 0 Å². The Morgan fingerprint density at radius 3 is 2.72 bits per heavy atom. The summed E-state index contributed by atoms with van der Waals surface area (Å²) in [4.78, 5) is 2.16. The van der Waals surface area contributed by atoms with Crippen LogP contribution < -0.4 is 5.32 Å². The smallest absolute Gasteiger partial charge is 0.0638 e. The third-order valence-electron chi connectivity index (χ3n) is 2.97. The molecule has 4 heteroatoms. The van der Waals surface area contributed by atoms with Crippen molar-refractivity contribution >= 4 is 15.9 Å². The van der Waals surface area contributed by atoms with Gasteiger partial charge in [0.05, 0.1) is 6.10 Å². The predicted octanol–water partition coefficient (Wildman–Crippen LogP) is 2.41. The highest BCUT2D eigenvalue weighted by molar-refractivity contribution is 9.10. The molecule has 3 nitrogen and oxygen atoms in total. The molecule has 0 fully saturated rings. The van der Waals surface area contributed by atoms with Gasteiger partial charge in [0.15, 0.2) is 0 Å². The first kappa shape index (κ1) is 15.6. The molecule has 2 atom stereocenters. The van der Waals surface area contributed by atoms with Crippen LogP contribution in [0.1, 0.15) is 24.9 Å². The third kappa shape index (κ3) is 5.48. The minimum absolute atomic E-state index is 0.270. The molecule has 0 spiro atoms. The van der Waals surface area contributed by atoms with Crippen molar-refractivity contribution in [2.24, 2.45) is 0 Å². The molecule has 1 aromatic carbocycles. The lowest BCUT2D eigenvalue weighted by atomic mass is 10.0. The number of rotatable bonds is 7. The second-order valence-corrected chi connectivity index (χ2v) is 5.71. The Kier molecular flexibility index (Phi) is 6.86. The highest BCUT2D eigenvalue weighted by atomic mass is 79.9. The predicted molar refractivity (Wildman–Crippen MR) is 79.7 cm³/mol. The van der Waals surface area contributed by atoms with Crippen LogP contribution >= 0.6 is 15.9 Å². The summed E-state index contributed by atoms with van der Waals surface area (Å²) in [7, 11) is 4.03. The molecule has 0 aromatic heterocycles. The van der Waals surface area contributed by atoms with Crippen LogP contribution in [0.5, 0.6) is 0 Å².